The molecule has 2 rings (SSSR count). The highest BCUT2D eigenvalue weighted by Gasteiger charge is 2.13. The van der Waals surface area contributed by atoms with Gasteiger partial charge < -0.3 is 4.74 Å². The minimum atomic E-state index is -0.801. The molecule has 4 nitrogen and oxygen atoms in total. The van der Waals surface area contributed by atoms with Crippen molar-refractivity contribution in [2.45, 2.75) is 6.54 Å². The molecule has 0 heterocycles. The number of para-hydroxylation sites is 1. The zero-order valence-corrected chi connectivity index (χ0v) is 9.69. The molecule has 0 aliphatic carbocycles. The van der Waals surface area contributed by atoms with Gasteiger partial charge >= 0.3 is 6.09 Å². The van der Waals surface area contributed by atoms with Crippen LogP contribution in [0.1, 0.15) is 5.56 Å². The minimum absolute atomic E-state index is 0.0898. The van der Waals surface area contributed by atoms with Gasteiger partial charge in [0.2, 0.25) is 0 Å². The third-order valence-electron chi connectivity index (χ3n) is 2.33. The van der Waals surface area contributed by atoms with Crippen molar-refractivity contribution in [3.8, 4) is 5.75 Å². The summed E-state index contributed by atoms with van der Waals surface area (Å²) >= 11 is 0. The molecule has 1 N–H and O–H groups in total. The minimum Gasteiger partial charge on any atom is -0.409 e. The lowest BCUT2D eigenvalue weighted by atomic mass is 10.2. The lowest BCUT2D eigenvalue weighted by Gasteiger charge is -2.14. The molecule has 2 aromatic carbocycles. The Hall–Kier alpha value is -2.33. The molecule has 0 atom stereocenters. The predicted octanol–water partition coefficient (Wildman–Crippen LogP) is 3.08. The number of hydrogen-bond donors (Lipinski definition) is 1. The van der Waals surface area contributed by atoms with Gasteiger partial charge in [0.1, 0.15) is 5.75 Å². The Bertz CT molecular complexity index is 499. The number of nitrogens with zero attached hydrogens (tertiary/aromatic N) is 1. The van der Waals surface area contributed by atoms with E-state index in [4.69, 9.17) is 4.74 Å². The second-order valence-electron chi connectivity index (χ2n) is 3.72. The largest absolute Gasteiger partial charge is 0.439 e. The third kappa shape index (κ3) is 3.33. The van der Waals surface area contributed by atoms with Crippen LogP contribution < -0.4 is 4.74 Å². The number of hydrogen-bond acceptors (Lipinski definition) is 3. The van der Waals surface area contributed by atoms with E-state index in [1.165, 1.54) is 0 Å². The number of ether oxygens (including phenoxy) is 1. The molecule has 0 saturated heterocycles. The number of benzene rings is 2. The van der Waals surface area contributed by atoms with Crippen molar-refractivity contribution >= 4 is 6.09 Å². The van der Waals surface area contributed by atoms with Crippen LogP contribution in [0.25, 0.3) is 0 Å². The van der Waals surface area contributed by atoms with Gasteiger partial charge in [0.25, 0.3) is 0 Å². The Balaban J connectivity index is 1.93. The fraction of sp³-hybridized carbons (Fsp3) is 0.0714. The Morgan fingerprint density at radius 1 is 1.00 bits per heavy atom. The number of carbonyl (C=O) groups excluding carboxylic acids is 1. The zero-order chi connectivity index (χ0) is 12.8. The first-order valence-electron chi connectivity index (χ1n) is 5.53. The molecule has 1 amide bonds. The Morgan fingerprint density at radius 3 is 2.17 bits per heavy atom. The summed E-state index contributed by atoms with van der Waals surface area (Å²) in [4.78, 5) is 11.6. The summed E-state index contributed by atoms with van der Waals surface area (Å²) in [5, 5.41) is 10.1. The van der Waals surface area contributed by atoms with Gasteiger partial charge in [0, 0.05) is 0 Å². The molecular formula is C14H13NO3. The quantitative estimate of drug-likeness (QED) is 0.665. The molecule has 0 aromatic heterocycles. The molecule has 0 radical (unpaired) electrons. The Labute approximate surface area is 105 Å². The highest BCUT2D eigenvalue weighted by atomic mass is 16.6. The average Bonchev–Trinajstić information content (AvgIpc) is 2.41. The predicted molar refractivity (Wildman–Crippen MR) is 66.2 cm³/mol. The number of rotatable bonds is 3. The molecule has 92 valence electrons. The Kier molecular flexibility index (Phi) is 3.94. The first-order valence-corrected chi connectivity index (χ1v) is 5.53. The lowest BCUT2D eigenvalue weighted by Crippen LogP contribution is -2.29. The van der Waals surface area contributed by atoms with E-state index in [1.807, 2.05) is 36.4 Å². The van der Waals surface area contributed by atoms with Crippen LogP contribution in [-0.4, -0.2) is 16.4 Å². The van der Waals surface area contributed by atoms with E-state index in [0.29, 0.717) is 10.8 Å². The van der Waals surface area contributed by atoms with Crippen molar-refractivity contribution in [3.63, 3.8) is 0 Å². The lowest BCUT2D eigenvalue weighted by molar-refractivity contribution is -0.0676. The maximum Gasteiger partial charge on any atom is 0.439 e. The summed E-state index contributed by atoms with van der Waals surface area (Å²) in [6.45, 7) is 0.0898. The summed E-state index contributed by atoms with van der Waals surface area (Å²) in [5.41, 5.74) is 0.824. The van der Waals surface area contributed by atoms with Crippen LogP contribution >= 0.6 is 0 Å². The van der Waals surface area contributed by atoms with E-state index in [2.05, 4.69) is 0 Å². The maximum absolute atomic E-state index is 11.6. The van der Waals surface area contributed by atoms with Crippen LogP contribution in [0.2, 0.25) is 0 Å². The smallest absolute Gasteiger partial charge is 0.409 e. The van der Waals surface area contributed by atoms with Crippen molar-refractivity contribution < 1.29 is 14.7 Å². The summed E-state index contributed by atoms with van der Waals surface area (Å²) in [6, 6.07) is 17.8. The average molecular weight is 243 g/mol. The fourth-order valence-corrected chi connectivity index (χ4v) is 1.46. The summed E-state index contributed by atoms with van der Waals surface area (Å²) in [5.74, 6) is 0.398. The standard InChI is InChI=1S/C14H13NO3/c16-14(18-13-9-5-2-6-10-13)15(17)11-12-7-3-1-4-8-12/h1-10,17H,11H2. The van der Waals surface area contributed by atoms with Gasteiger partial charge in [-0.25, -0.2) is 4.79 Å². The SMILES string of the molecule is O=C(Oc1ccccc1)N(O)Cc1ccccc1. The molecule has 0 unspecified atom stereocenters. The maximum atomic E-state index is 11.6. The molecule has 0 aliphatic heterocycles. The normalized spacial score (nSPS) is 9.83. The molecule has 2 aromatic rings. The highest BCUT2D eigenvalue weighted by Crippen LogP contribution is 2.11. The van der Waals surface area contributed by atoms with Crippen LogP contribution in [0.3, 0.4) is 0 Å². The van der Waals surface area contributed by atoms with E-state index in [9.17, 15) is 10.0 Å². The molecule has 0 spiro atoms. The van der Waals surface area contributed by atoms with Crippen LogP contribution in [0.5, 0.6) is 5.75 Å². The van der Waals surface area contributed by atoms with Crippen molar-refractivity contribution in [2.75, 3.05) is 0 Å². The van der Waals surface area contributed by atoms with Gasteiger partial charge in [0.15, 0.2) is 0 Å². The van der Waals surface area contributed by atoms with E-state index in [0.717, 1.165) is 5.56 Å². The summed E-state index contributed by atoms with van der Waals surface area (Å²) < 4.78 is 4.99. The van der Waals surface area contributed by atoms with Crippen LogP contribution in [0, 0.1) is 0 Å². The van der Waals surface area contributed by atoms with E-state index in [-0.39, 0.29) is 6.54 Å². The second kappa shape index (κ2) is 5.84. The van der Waals surface area contributed by atoms with Gasteiger partial charge in [-0.3, -0.25) is 5.21 Å². The number of amides is 1. The second-order valence-corrected chi connectivity index (χ2v) is 3.72. The van der Waals surface area contributed by atoms with Crippen LogP contribution in [-0.2, 0) is 6.54 Å². The third-order valence-corrected chi connectivity index (χ3v) is 2.33. The van der Waals surface area contributed by atoms with Crippen molar-refractivity contribution in [3.05, 3.63) is 66.2 Å². The molecule has 0 aliphatic rings. The van der Waals surface area contributed by atoms with E-state index >= 15 is 0 Å². The monoisotopic (exact) mass is 243 g/mol. The molecule has 0 bridgehead atoms. The first-order chi connectivity index (χ1) is 8.75. The first kappa shape index (κ1) is 12.1. The van der Waals surface area contributed by atoms with Gasteiger partial charge in [-0.05, 0) is 17.7 Å². The number of hydroxylamine groups is 2. The van der Waals surface area contributed by atoms with Gasteiger partial charge in [-0.1, -0.05) is 48.5 Å². The molecule has 0 fully saturated rings. The summed E-state index contributed by atoms with van der Waals surface area (Å²) in [6.07, 6.45) is -0.801. The van der Waals surface area contributed by atoms with E-state index in [1.54, 1.807) is 24.3 Å². The van der Waals surface area contributed by atoms with Crippen molar-refractivity contribution in [1.82, 2.24) is 5.06 Å². The van der Waals surface area contributed by atoms with Gasteiger partial charge in [0.05, 0.1) is 6.54 Å². The number of carbonyl (C=O) groups is 1. The van der Waals surface area contributed by atoms with Gasteiger partial charge in [-0.2, -0.15) is 5.06 Å². The van der Waals surface area contributed by atoms with Crippen molar-refractivity contribution in [2.24, 2.45) is 0 Å². The topological polar surface area (TPSA) is 49.8 Å². The molecule has 0 saturated carbocycles. The van der Waals surface area contributed by atoms with Crippen LogP contribution in [0.4, 0.5) is 4.79 Å². The molecular weight excluding hydrogens is 230 g/mol. The van der Waals surface area contributed by atoms with Crippen molar-refractivity contribution in [1.29, 1.82) is 0 Å². The van der Waals surface area contributed by atoms with Crippen LogP contribution in [0.15, 0.2) is 60.7 Å². The van der Waals surface area contributed by atoms with Gasteiger partial charge in [-0.15, -0.1) is 0 Å². The fourth-order valence-electron chi connectivity index (χ4n) is 1.46. The zero-order valence-electron chi connectivity index (χ0n) is 9.69. The Morgan fingerprint density at radius 2 is 1.56 bits per heavy atom. The highest BCUT2D eigenvalue weighted by molar-refractivity contribution is 5.69. The molecule has 4 heteroatoms. The van der Waals surface area contributed by atoms with E-state index < -0.39 is 6.09 Å². The molecule has 18 heavy (non-hydrogen) atoms. The summed E-state index contributed by atoms with van der Waals surface area (Å²) in [7, 11) is 0.